The second-order valence-electron chi connectivity index (χ2n) is 4.91. The first-order valence-electron chi connectivity index (χ1n) is 6.70. The number of aromatic nitrogens is 4. The molecule has 7 heteroatoms. The van der Waals surface area contributed by atoms with Gasteiger partial charge >= 0.3 is 0 Å². The fourth-order valence-electron chi connectivity index (χ4n) is 2.62. The second kappa shape index (κ2) is 4.88. The van der Waals surface area contributed by atoms with Gasteiger partial charge in [-0.05, 0) is 32.6 Å². The van der Waals surface area contributed by atoms with Crippen molar-refractivity contribution in [3.8, 4) is 0 Å². The highest BCUT2D eigenvalue weighted by Gasteiger charge is 2.28. The third-order valence-electron chi connectivity index (χ3n) is 3.69. The van der Waals surface area contributed by atoms with Gasteiger partial charge in [-0.3, -0.25) is 4.79 Å². The molecule has 2 aromatic heterocycles. The Morgan fingerprint density at radius 2 is 2.26 bits per heavy atom. The van der Waals surface area contributed by atoms with Crippen LogP contribution in [-0.2, 0) is 0 Å². The molecule has 3 rings (SSSR count). The van der Waals surface area contributed by atoms with Crippen molar-refractivity contribution >= 4 is 22.2 Å². The minimum absolute atomic E-state index is 0.0430. The average Bonchev–Trinajstić information content (AvgIpc) is 3.00. The Balaban J connectivity index is 1.89. The monoisotopic (exact) mass is 279 g/mol. The second-order valence-corrected chi connectivity index (χ2v) is 5.86. The van der Waals surface area contributed by atoms with E-state index < -0.39 is 0 Å². The van der Waals surface area contributed by atoms with Crippen LogP contribution in [0.4, 0.5) is 0 Å². The lowest BCUT2D eigenvalue weighted by Gasteiger charge is -2.34. The van der Waals surface area contributed by atoms with Gasteiger partial charge in [-0.2, -0.15) is 4.52 Å². The molecule has 0 N–H and O–H groups in total. The Hall–Kier alpha value is -1.50. The Morgan fingerprint density at radius 3 is 3.00 bits per heavy atom. The molecule has 1 unspecified atom stereocenters. The molecule has 0 spiro atoms. The van der Waals surface area contributed by atoms with Crippen molar-refractivity contribution in [2.45, 2.75) is 45.6 Å². The molecule has 1 saturated heterocycles. The van der Waals surface area contributed by atoms with Crippen molar-refractivity contribution in [2.75, 3.05) is 6.54 Å². The molecule has 2 aromatic rings. The van der Waals surface area contributed by atoms with E-state index in [2.05, 4.69) is 22.2 Å². The predicted octanol–water partition coefficient (Wildman–Crippen LogP) is 1.90. The highest BCUT2D eigenvalue weighted by molar-refractivity contribution is 7.18. The standard InChI is InChI=1S/C12H17N5OS/c1-3-9-6-4-5-7-16(9)11(18)10-15-17-8(2)13-14-12(17)19-10/h9H,3-7H2,1-2H3. The quantitative estimate of drug-likeness (QED) is 0.842. The highest BCUT2D eigenvalue weighted by Crippen LogP contribution is 2.23. The summed E-state index contributed by atoms with van der Waals surface area (Å²) in [7, 11) is 0. The molecule has 0 aromatic carbocycles. The highest BCUT2D eigenvalue weighted by atomic mass is 32.1. The summed E-state index contributed by atoms with van der Waals surface area (Å²) in [5.74, 6) is 0.762. The Bertz CT molecular complexity index is 604. The van der Waals surface area contributed by atoms with Crippen LogP contribution < -0.4 is 0 Å². The molecular weight excluding hydrogens is 262 g/mol. The molecule has 1 fully saturated rings. The number of rotatable bonds is 2. The van der Waals surface area contributed by atoms with Crippen molar-refractivity contribution in [2.24, 2.45) is 0 Å². The minimum Gasteiger partial charge on any atom is -0.334 e. The first-order chi connectivity index (χ1) is 9.20. The molecule has 3 heterocycles. The topological polar surface area (TPSA) is 63.4 Å². The first-order valence-corrected chi connectivity index (χ1v) is 7.52. The Morgan fingerprint density at radius 1 is 1.42 bits per heavy atom. The van der Waals surface area contributed by atoms with E-state index in [4.69, 9.17) is 0 Å². The molecule has 0 saturated carbocycles. The van der Waals surface area contributed by atoms with E-state index in [0.717, 1.165) is 31.6 Å². The molecular formula is C12H17N5OS. The Labute approximate surface area is 115 Å². The maximum absolute atomic E-state index is 12.6. The van der Waals surface area contributed by atoms with E-state index in [1.54, 1.807) is 4.52 Å². The van der Waals surface area contributed by atoms with E-state index in [1.165, 1.54) is 17.8 Å². The minimum atomic E-state index is 0.0430. The van der Waals surface area contributed by atoms with Gasteiger partial charge in [-0.25, -0.2) is 0 Å². The van der Waals surface area contributed by atoms with Crippen molar-refractivity contribution in [1.82, 2.24) is 24.7 Å². The third-order valence-corrected chi connectivity index (χ3v) is 4.58. The van der Waals surface area contributed by atoms with Crippen LogP contribution in [-0.4, -0.2) is 43.2 Å². The maximum atomic E-state index is 12.6. The number of piperidine rings is 1. The average molecular weight is 279 g/mol. The molecule has 0 radical (unpaired) electrons. The van der Waals surface area contributed by atoms with Gasteiger partial charge in [0.05, 0.1) is 0 Å². The first kappa shape index (κ1) is 12.5. The van der Waals surface area contributed by atoms with E-state index in [9.17, 15) is 4.79 Å². The normalized spacial score (nSPS) is 20.1. The zero-order chi connectivity index (χ0) is 13.4. The van der Waals surface area contributed by atoms with Gasteiger partial charge in [0.25, 0.3) is 5.91 Å². The number of amides is 1. The summed E-state index contributed by atoms with van der Waals surface area (Å²) < 4.78 is 1.64. The van der Waals surface area contributed by atoms with E-state index >= 15 is 0 Å². The lowest BCUT2D eigenvalue weighted by atomic mass is 10.00. The number of nitrogens with zero attached hydrogens (tertiary/aromatic N) is 5. The molecule has 0 bridgehead atoms. The molecule has 1 aliphatic rings. The van der Waals surface area contributed by atoms with Gasteiger partial charge in [0.1, 0.15) is 0 Å². The fraction of sp³-hybridized carbons (Fsp3) is 0.667. The maximum Gasteiger partial charge on any atom is 0.285 e. The van der Waals surface area contributed by atoms with Gasteiger partial charge in [-0.1, -0.05) is 18.3 Å². The van der Waals surface area contributed by atoms with Crippen molar-refractivity contribution in [3.63, 3.8) is 0 Å². The number of aryl methyl sites for hydroxylation is 1. The molecule has 1 amide bonds. The van der Waals surface area contributed by atoms with Crippen LogP contribution in [0.25, 0.3) is 4.96 Å². The number of carbonyl (C=O) groups excluding carboxylic acids is 1. The third kappa shape index (κ3) is 2.11. The van der Waals surface area contributed by atoms with Gasteiger partial charge in [0.15, 0.2) is 5.82 Å². The molecule has 19 heavy (non-hydrogen) atoms. The van der Waals surface area contributed by atoms with Crippen LogP contribution in [0.1, 0.15) is 48.2 Å². The lowest BCUT2D eigenvalue weighted by molar-refractivity contribution is 0.0606. The van der Waals surface area contributed by atoms with Crippen LogP contribution in [0.2, 0.25) is 0 Å². The number of likely N-dealkylation sites (tertiary alicyclic amines) is 1. The molecule has 6 nitrogen and oxygen atoms in total. The van der Waals surface area contributed by atoms with Gasteiger partial charge in [-0.15, -0.1) is 15.3 Å². The predicted molar refractivity (Wildman–Crippen MR) is 72.4 cm³/mol. The van der Waals surface area contributed by atoms with Crippen LogP contribution in [0.3, 0.4) is 0 Å². The van der Waals surface area contributed by atoms with Gasteiger partial charge in [0, 0.05) is 12.6 Å². The summed E-state index contributed by atoms with van der Waals surface area (Å²) in [6.07, 6.45) is 4.41. The van der Waals surface area contributed by atoms with Crippen molar-refractivity contribution in [3.05, 3.63) is 10.8 Å². The van der Waals surface area contributed by atoms with Gasteiger partial charge < -0.3 is 4.90 Å². The summed E-state index contributed by atoms with van der Waals surface area (Å²) in [6.45, 7) is 4.82. The summed E-state index contributed by atoms with van der Waals surface area (Å²) >= 11 is 1.32. The van der Waals surface area contributed by atoms with E-state index in [0.29, 0.717) is 16.0 Å². The van der Waals surface area contributed by atoms with E-state index in [-0.39, 0.29) is 5.91 Å². The fourth-order valence-corrected chi connectivity index (χ4v) is 3.46. The number of hydrogen-bond donors (Lipinski definition) is 0. The van der Waals surface area contributed by atoms with Crippen molar-refractivity contribution < 1.29 is 4.79 Å². The largest absolute Gasteiger partial charge is 0.334 e. The number of carbonyl (C=O) groups is 1. The van der Waals surface area contributed by atoms with Crippen molar-refractivity contribution in [1.29, 1.82) is 0 Å². The summed E-state index contributed by atoms with van der Waals surface area (Å²) in [4.78, 5) is 15.2. The van der Waals surface area contributed by atoms with Crippen LogP contribution in [0.5, 0.6) is 0 Å². The zero-order valence-electron chi connectivity index (χ0n) is 11.2. The lowest BCUT2D eigenvalue weighted by Crippen LogP contribution is -2.43. The summed E-state index contributed by atoms with van der Waals surface area (Å²) in [6, 6.07) is 0.358. The summed E-state index contributed by atoms with van der Waals surface area (Å²) in [5, 5.41) is 12.8. The molecule has 0 aliphatic carbocycles. The number of hydrogen-bond acceptors (Lipinski definition) is 5. The summed E-state index contributed by atoms with van der Waals surface area (Å²) in [5.41, 5.74) is 0. The zero-order valence-corrected chi connectivity index (χ0v) is 12.0. The van der Waals surface area contributed by atoms with Crippen LogP contribution in [0, 0.1) is 6.92 Å². The molecule has 1 aliphatic heterocycles. The number of fused-ring (bicyclic) bond motifs is 1. The van der Waals surface area contributed by atoms with E-state index in [1.807, 2.05) is 11.8 Å². The van der Waals surface area contributed by atoms with Gasteiger partial charge in [0.2, 0.25) is 9.97 Å². The molecule has 102 valence electrons. The Kier molecular flexibility index (Phi) is 3.22. The van der Waals surface area contributed by atoms with Crippen LogP contribution >= 0.6 is 11.3 Å². The molecule has 1 atom stereocenters. The SMILES string of the molecule is CCC1CCCCN1C(=O)c1nn2c(C)nnc2s1. The smallest absolute Gasteiger partial charge is 0.285 e. The van der Waals surface area contributed by atoms with Crippen LogP contribution in [0.15, 0.2) is 0 Å².